The Kier molecular flexibility index (Phi) is 3.08. The smallest absolute Gasteiger partial charge is 0.266 e. The van der Waals surface area contributed by atoms with Gasteiger partial charge in [-0.1, -0.05) is 0 Å². The Morgan fingerprint density at radius 2 is 2.10 bits per heavy atom. The molecule has 0 unspecified atom stereocenters. The number of hydrogen-bond acceptors (Lipinski definition) is 4. The molecule has 0 bridgehead atoms. The van der Waals surface area contributed by atoms with Gasteiger partial charge in [0.1, 0.15) is 11.4 Å². The molecule has 0 saturated carbocycles. The van der Waals surface area contributed by atoms with Crippen molar-refractivity contribution in [3.05, 3.63) is 29.8 Å². The van der Waals surface area contributed by atoms with Crippen molar-refractivity contribution < 1.29 is 17.2 Å². The summed E-state index contributed by atoms with van der Waals surface area (Å²) in [6.07, 6.45) is 3.61. The van der Waals surface area contributed by atoms with E-state index < -0.39 is 23.0 Å². The fourth-order valence-electron chi connectivity index (χ4n) is 2.24. The van der Waals surface area contributed by atoms with Gasteiger partial charge in [0, 0.05) is 12.4 Å². The number of aryl methyl sites for hydroxylation is 2. The third-order valence-electron chi connectivity index (χ3n) is 3.19. The number of halogens is 2. The van der Waals surface area contributed by atoms with Gasteiger partial charge < -0.3 is 0 Å². The first-order valence-electron chi connectivity index (χ1n) is 6.10. The molecule has 0 aromatic carbocycles. The van der Waals surface area contributed by atoms with Crippen LogP contribution < -0.4 is 0 Å². The van der Waals surface area contributed by atoms with E-state index in [1.807, 2.05) is 0 Å². The van der Waals surface area contributed by atoms with Crippen molar-refractivity contribution in [1.29, 1.82) is 0 Å². The average Bonchev–Trinajstić information content (AvgIpc) is 3.00. The highest BCUT2D eigenvalue weighted by molar-refractivity contribution is 7.89. The normalized spacial score (nSPS) is 14.9. The predicted molar refractivity (Wildman–Crippen MR) is 65.1 cm³/mol. The number of hydrogen-bond donors (Lipinski definition) is 0. The van der Waals surface area contributed by atoms with E-state index in [0.29, 0.717) is 0 Å². The Balaban J connectivity index is 1.92. The number of aromatic nitrogens is 4. The van der Waals surface area contributed by atoms with Gasteiger partial charge in [0.25, 0.3) is 16.4 Å². The van der Waals surface area contributed by atoms with Crippen molar-refractivity contribution in [3.8, 4) is 0 Å². The third-order valence-corrected chi connectivity index (χ3v) is 4.68. The number of fused-ring (bicyclic) bond motifs is 1. The minimum absolute atomic E-state index is 0.140. The van der Waals surface area contributed by atoms with E-state index in [2.05, 4.69) is 10.2 Å². The summed E-state index contributed by atoms with van der Waals surface area (Å²) >= 11 is 0. The lowest BCUT2D eigenvalue weighted by atomic mass is 10.3. The second-order valence-electron chi connectivity index (χ2n) is 4.62. The van der Waals surface area contributed by atoms with Crippen molar-refractivity contribution in [2.45, 2.75) is 37.1 Å². The minimum atomic E-state index is -3.85. The van der Waals surface area contributed by atoms with Crippen molar-refractivity contribution in [3.63, 3.8) is 0 Å². The highest BCUT2D eigenvalue weighted by Crippen LogP contribution is 2.22. The second-order valence-corrected chi connectivity index (χ2v) is 6.42. The van der Waals surface area contributed by atoms with Gasteiger partial charge in [-0.3, -0.25) is 4.68 Å². The number of alkyl halides is 2. The third kappa shape index (κ3) is 2.21. The minimum Gasteiger partial charge on any atom is -0.266 e. The van der Waals surface area contributed by atoms with Crippen LogP contribution in [0.25, 0.3) is 0 Å². The largest absolute Gasteiger partial charge is 0.286 e. The van der Waals surface area contributed by atoms with Crippen LogP contribution in [-0.4, -0.2) is 33.8 Å². The molecule has 2 aromatic heterocycles. The van der Waals surface area contributed by atoms with Crippen molar-refractivity contribution in [2.24, 2.45) is 0 Å². The number of nitrogens with zero attached hydrogens (tertiary/aromatic N) is 4. The zero-order chi connectivity index (χ0) is 14.3. The maximum atomic E-state index is 12.3. The zero-order valence-electron chi connectivity index (χ0n) is 10.4. The van der Waals surface area contributed by atoms with Crippen LogP contribution in [-0.2, 0) is 29.4 Å². The molecule has 0 N–H and O–H groups in total. The molecule has 0 spiro atoms. The Hall–Kier alpha value is -1.77. The lowest BCUT2D eigenvalue weighted by Crippen LogP contribution is -2.14. The van der Waals surface area contributed by atoms with E-state index in [1.165, 1.54) is 6.20 Å². The standard InChI is InChI=1S/C11H12F2N4O2S/c12-11(13)7-16-6-9(4-14-16)20(18,19)17-5-8-2-1-3-10(8)15-17/h4-6,11H,1-3,7H2. The summed E-state index contributed by atoms with van der Waals surface area (Å²) in [5.41, 5.74) is 1.71. The highest BCUT2D eigenvalue weighted by atomic mass is 32.2. The first-order valence-corrected chi connectivity index (χ1v) is 7.54. The summed E-state index contributed by atoms with van der Waals surface area (Å²) in [7, 11) is -3.85. The van der Waals surface area contributed by atoms with Gasteiger partial charge in [-0.05, 0) is 24.8 Å². The molecule has 0 saturated heterocycles. The molecule has 0 aliphatic heterocycles. The summed E-state index contributed by atoms with van der Waals surface area (Å²) in [6.45, 7) is -0.634. The molecule has 3 rings (SSSR count). The molecule has 0 amide bonds. The van der Waals surface area contributed by atoms with E-state index in [9.17, 15) is 17.2 Å². The second kappa shape index (κ2) is 4.65. The fraction of sp³-hybridized carbons (Fsp3) is 0.455. The van der Waals surface area contributed by atoms with Gasteiger partial charge in [0.05, 0.1) is 11.9 Å². The van der Waals surface area contributed by atoms with Gasteiger partial charge in [-0.25, -0.2) is 8.78 Å². The van der Waals surface area contributed by atoms with Gasteiger partial charge in [0.15, 0.2) is 0 Å². The Morgan fingerprint density at radius 3 is 2.80 bits per heavy atom. The average molecular weight is 302 g/mol. The molecule has 2 heterocycles. The first kappa shape index (κ1) is 13.2. The lowest BCUT2D eigenvalue weighted by Gasteiger charge is -2.01. The summed E-state index contributed by atoms with van der Waals surface area (Å²) in [4.78, 5) is -0.140. The highest BCUT2D eigenvalue weighted by Gasteiger charge is 2.24. The fourth-order valence-corrected chi connectivity index (χ4v) is 3.36. The van der Waals surface area contributed by atoms with E-state index in [4.69, 9.17) is 0 Å². The van der Waals surface area contributed by atoms with Crippen LogP contribution in [0.5, 0.6) is 0 Å². The van der Waals surface area contributed by atoms with Crippen LogP contribution in [0.1, 0.15) is 17.7 Å². The van der Waals surface area contributed by atoms with Gasteiger partial charge in [-0.2, -0.15) is 22.7 Å². The molecule has 2 aromatic rings. The van der Waals surface area contributed by atoms with Gasteiger partial charge in [0.2, 0.25) is 0 Å². The predicted octanol–water partition coefficient (Wildman–Crippen LogP) is 1.07. The first-order chi connectivity index (χ1) is 9.46. The summed E-state index contributed by atoms with van der Waals surface area (Å²) in [5.74, 6) is 0. The Morgan fingerprint density at radius 1 is 1.30 bits per heavy atom. The van der Waals surface area contributed by atoms with Crippen LogP contribution in [0.4, 0.5) is 8.78 Å². The lowest BCUT2D eigenvalue weighted by molar-refractivity contribution is 0.121. The van der Waals surface area contributed by atoms with E-state index in [1.54, 1.807) is 0 Å². The summed E-state index contributed by atoms with van der Waals surface area (Å²) in [6, 6.07) is 0. The van der Waals surface area contributed by atoms with Crippen LogP contribution in [0.2, 0.25) is 0 Å². The van der Waals surface area contributed by atoms with E-state index in [0.717, 1.165) is 51.7 Å². The summed E-state index contributed by atoms with van der Waals surface area (Å²) in [5, 5.41) is 7.68. The van der Waals surface area contributed by atoms with Crippen molar-refractivity contribution in [1.82, 2.24) is 19.0 Å². The maximum Gasteiger partial charge on any atom is 0.286 e. The molecule has 108 valence electrons. The van der Waals surface area contributed by atoms with Crippen LogP contribution >= 0.6 is 0 Å². The van der Waals surface area contributed by atoms with Crippen molar-refractivity contribution in [2.75, 3.05) is 0 Å². The zero-order valence-corrected chi connectivity index (χ0v) is 11.2. The van der Waals surface area contributed by atoms with Crippen molar-refractivity contribution >= 4 is 10.0 Å². The quantitative estimate of drug-likeness (QED) is 0.847. The van der Waals surface area contributed by atoms with Crippen LogP contribution in [0, 0.1) is 0 Å². The molecule has 1 aliphatic carbocycles. The molecule has 20 heavy (non-hydrogen) atoms. The topological polar surface area (TPSA) is 69.8 Å². The molecule has 9 heteroatoms. The van der Waals surface area contributed by atoms with Crippen LogP contribution in [0.3, 0.4) is 0 Å². The SMILES string of the molecule is O=S(=O)(c1cnn(CC(F)F)c1)n1cc2c(n1)CCC2. The molecular weight excluding hydrogens is 290 g/mol. The molecule has 0 fully saturated rings. The Bertz CT molecular complexity index is 714. The van der Waals surface area contributed by atoms with E-state index in [-0.39, 0.29) is 4.90 Å². The monoisotopic (exact) mass is 302 g/mol. The maximum absolute atomic E-state index is 12.3. The number of rotatable bonds is 4. The van der Waals surface area contributed by atoms with Gasteiger partial charge in [-0.15, -0.1) is 0 Å². The van der Waals surface area contributed by atoms with Gasteiger partial charge >= 0.3 is 0 Å². The van der Waals surface area contributed by atoms with E-state index >= 15 is 0 Å². The molecule has 1 aliphatic rings. The summed E-state index contributed by atoms with van der Waals surface area (Å²) < 4.78 is 50.9. The molecule has 6 nitrogen and oxygen atoms in total. The molecule has 0 atom stereocenters. The molecule has 0 radical (unpaired) electrons. The van der Waals surface area contributed by atoms with Crippen LogP contribution in [0.15, 0.2) is 23.5 Å². The molecular formula is C11H12F2N4O2S. The Labute approximate surface area is 114 Å².